The number of H-pyrrole nitrogens is 2. The summed E-state index contributed by atoms with van der Waals surface area (Å²) < 4.78 is 0. The van der Waals surface area contributed by atoms with Crippen molar-refractivity contribution in [1.82, 2.24) is 20.6 Å². The van der Waals surface area contributed by atoms with Gasteiger partial charge in [-0.2, -0.15) is 0 Å². The van der Waals surface area contributed by atoms with Crippen molar-refractivity contribution in [1.29, 1.82) is 0 Å². The standard InChI is InChI=1S/C45H48N4O6S2/c1-26-32(15-17-42(50)51)38(46-36(26)23-40-34(28(3)44(54)48-40)19-21-56-30-11-7-5-8-12-30)25-39-33(16-18-43(52)53)27(2)37(47-39)24-41-35(29(4)45(55)49-41)20-22-57-31-13-9-6-10-14-31/h5-14,23-24,46-47H,15-22,25H2,1-4H3,(H,48,54)(H,49,55)(H,50,51)(H,52,53)/b40-23-,41-24-. The molecule has 6 N–H and O–H groups in total. The highest BCUT2D eigenvalue weighted by Gasteiger charge is 2.27. The molecule has 6 rings (SSSR count). The minimum absolute atomic E-state index is 0.0664. The predicted molar refractivity (Wildman–Crippen MR) is 227 cm³/mol. The molecule has 0 saturated heterocycles. The molecule has 0 bridgehead atoms. The molecule has 12 heteroatoms. The Hall–Kier alpha value is -5.46. The molecule has 2 aromatic heterocycles. The molecule has 2 aromatic carbocycles. The third-order valence-electron chi connectivity index (χ3n) is 10.6. The number of hydrogen-bond acceptors (Lipinski definition) is 6. The van der Waals surface area contributed by atoms with E-state index in [9.17, 15) is 29.4 Å². The van der Waals surface area contributed by atoms with Crippen molar-refractivity contribution in [2.75, 3.05) is 11.5 Å². The number of amides is 2. The smallest absolute Gasteiger partial charge is 0.303 e. The zero-order chi connectivity index (χ0) is 40.6. The Balaban J connectivity index is 1.31. The van der Waals surface area contributed by atoms with Crippen LogP contribution in [0.3, 0.4) is 0 Å². The van der Waals surface area contributed by atoms with Crippen molar-refractivity contribution in [3.8, 4) is 0 Å². The fourth-order valence-corrected chi connectivity index (χ4v) is 9.15. The van der Waals surface area contributed by atoms with Crippen molar-refractivity contribution in [2.24, 2.45) is 0 Å². The minimum Gasteiger partial charge on any atom is -0.481 e. The number of allylic oxidation sites excluding steroid dienone is 2. The topological polar surface area (TPSA) is 164 Å². The maximum absolute atomic E-state index is 12.9. The van der Waals surface area contributed by atoms with Gasteiger partial charge >= 0.3 is 11.9 Å². The van der Waals surface area contributed by atoms with Crippen LogP contribution in [-0.4, -0.2) is 55.4 Å². The van der Waals surface area contributed by atoms with E-state index >= 15 is 0 Å². The van der Waals surface area contributed by atoms with E-state index in [1.54, 1.807) is 23.5 Å². The van der Waals surface area contributed by atoms with E-state index in [0.717, 1.165) is 88.9 Å². The second-order valence-electron chi connectivity index (χ2n) is 14.3. The van der Waals surface area contributed by atoms with Gasteiger partial charge in [-0.15, -0.1) is 23.5 Å². The normalized spacial score (nSPS) is 15.6. The maximum atomic E-state index is 12.9. The lowest BCUT2D eigenvalue weighted by Gasteiger charge is -2.07. The van der Waals surface area contributed by atoms with E-state index in [4.69, 9.17) is 0 Å². The maximum Gasteiger partial charge on any atom is 0.303 e. The number of benzene rings is 2. The summed E-state index contributed by atoms with van der Waals surface area (Å²) in [6.45, 7) is 7.59. The summed E-state index contributed by atoms with van der Waals surface area (Å²) in [6.07, 6.45) is 6.06. The number of hydrogen-bond donors (Lipinski definition) is 6. The number of carbonyl (C=O) groups excluding carboxylic acids is 2. The Morgan fingerprint density at radius 1 is 0.596 bits per heavy atom. The summed E-state index contributed by atoms with van der Waals surface area (Å²) in [5, 5.41) is 25.4. The zero-order valence-electron chi connectivity index (χ0n) is 32.6. The Bertz CT molecular complexity index is 2150. The van der Waals surface area contributed by atoms with Crippen LogP contribution in [0.5, 0.6) is 0 Å². The second-order valence-corrected chi connectivity index (χ2v) is 16.6. The van der Waals surface area contributed by atoms with E-state index in [2.05, 4.69) is 44.9 Å². The Morgan fingerprint density at radius 2 is 0.982 bits per heavy atom. The number of aromatic nitrogens is 2. The van der Waals surface area contributed by atoms with Crippen LogP contribution in [0.15, 0.2) is 104 Å². The van der Waals surface area contributed by atoms with Crippen molar-refractivity contribution in [3.63, 3.8) is 0 Å². The highest BCUT2D eigenvalue weighted by atomic mass is 32.2. The lowest BCUT2D eigenvalue weighted by molar-refractivity contribution is -0.138. The predicted octanol–water partition coefficient (Wildman–Crippen LogP) is 8.52. The molecule has 4 aromatic rings. The number of carbonyl (C=O) groups is 4. The van der Waals surface area contributed by atoms with Gasteiger partial charge in [-0.3, -0.25) is 19.2 Å². The van der Waals surface area contributed by atoms with E-state index in [1.807, 2.05) is 76.2 Å². The molecule has 296 valence electrons. The average molecular weight is 805 g/mol. The molecule has 0 aliphatic carbocycles. The molecule has 2 aliphatic rings. The van der Waals surface area contributed by atoms with Crippen molar-refractivity contribution < 1.29 is 29.4 Å². The van der Waals surface area contributed by atoms with Crippen molar-refractivity contribution in [2.45, 2.75) is 82.4 Å². The lowest BCUT2D eigenvalue weighted by Crippen LogP contribution is -2.15. The summed E-state index contributed by atoms with van der Waals surface area (Å²) >= 11 is 3.46. The minimum atomic E-state index is -0.909. The first-order chi connectivity index (χ1) is 27.4. The third kappa shape index (κ3) is 10.1. The molecule has 0 saturated carbocycles. The first-order valence-electron chi connectivity index (χ1n) is 19.1. The van der Waals surface area contributed by atoms with E-state index < -0.39 is 11.9 Å². The van der Waals surface area contributed by atoms with Gasteiger partial charge in [-0.25, -0.2) is 0 Å². The van der Waals surface area contributed by atoms with Crippen LogP contribution in [0.4, 0.5) is 0 Å². The highest BCUT2D eigenvalue weighted by molar-refractivity contribution is 7.99. The molecular weight excluding hydrogens is 757 g/mol. The first-order valence-corrected chi connectivity index (χ1v) is 21.0. The summed E-state index contributed by atoms with van der Waals surface area (Å²) in [7, 11) is 0. The Morgan fingerprint density at radius 3 is 1.35 bits per heavy atom. The number of nitrogens with one attached hydrogen (secondary N) is 4. The van der Waals surface area contributed by atoms with Crippen LogP contribution >= 0.6 is 23.5 Å². The van der Waals surface area contributed by atoms with Crippen LogP contribution in [-0.2, 0) is 38.4 Å². The number of aromatic amines is 2. The van der Waals surface area contributed by atoms with Gasteiger partial charge in [0.25, 0.3) is 11.8 Å². The molecule has 10 nitrogen and oxygen atoms in total. The van der Waals surface area contributed by atoms with Crippen molar-refractivity contribution >= 4 is 59.4 Å². The molecule has 0 atom stereocenters. The van der Waals surface area contributed by atoms with Gasteiger partial charge in [0, 0.05) is 85.9 Å². The van der Waals surface area contributed by atoms with Gasteiger partial charge in [-0.1, -0.05) is 36.4 Å². The molecule has 2 aliphatic heterocycles. The first kappa shape index (κ1) is 41.2. The largest absolute Gasteiger partial charge is 0.481 e. The molecule has 2 amide bonds. The van der Waals surface area contributed by atoms with Crippen LogP contribution in [0.25, 0.3) is 12.2 Å². The fraction of sp³-hybridized carbons (Fsp3) is 0.289. The van der Waals surface area contributed by atoms with E-state index in [1.165, 1.54) is 0 Å². The zero-order valence-corrected chi connectivity index (χ0v) is 34.3. The summed E-state index contributed by atoms with van der Waals surface area (Å²) in [6, 6.07) is 20.3. The molecular formula is C45H48N4O6S2. The van der Waals surface area contributed by atoms with Gasteiger partial charge in [0.15, 0.2) is 0 Å². The SMILES string of the molecule is CC1=C(CCSc2ccccc2)/C(=C/c2[nH]c(Cc3[nH]c(/C=C4\NC(=O)C(C)=C4CCSc4ccccc4)c(C)c3CCC(=O)O)c(CCC(=O)O)c2C)NC1=O. The van der Waals surface area contributed by atoms with Crippen molar-refractivity contribution in [3.05, 3.63) is 139 Å². The second kappa shape index (κ2) is 18.7. The number of carboxylic acid groups (broad SMARTS) is 2. The Kier molecular flexibility index (Phi) is 13.5. The average Bonchev–Trinajstić information content (AvgIpc) is 3.83. The molecule has 0 radical (unpaired) electrons. The number of aliphatic carboxylic acids is 2. The molecule has 4 heterocycles. The van der Waals surface area contributed by atoms with Crippen LogP contribution < -0.4 is 10.6 Å². The third-order valence-corrected chi connectivity index (χ3v) is 12.6. The van der Waals surface area contributed by atoms with Gasteiger partial charge in [-0.05, 0) is 123 Å². The molecule has 57 heavy (non-hydrogen) atoms. The number of carboxylic acids is 2. The Labute approximate surface area is 341 Å². The van der Waals surface area contributed by atoms with Gasteiger partial charge < -0.3 is 30.8 Å². The van der Waals surface area contributed by atoms with Gasteiger partial charge in [0.1, 0.15) is 0 Å². The summed E-state index contributed by atoms with van der Waals surface area (Å²) in [5.41, 5.74) is 11.4. The van der Waals surface area contributed by atoms with Gasteiger partial charge in [0.2, 0.25) is 0 Å². The molecule has 0 fully saturated rings. The van der Waals surface area contributed by atoms with E-state index in [0.29, 0.717) is 43.3 Å². The summed E-state index contributed by atoms with van der Waals surface area (Å²) in [4.78, 5) is 58.8. The molecule has 0 spiro atoms. The summed E-state index contributed by atoms with van der Waals surface area (Å²) in [5.74, 6) is -0.507. The highest BCUT2D eigenvalue weighted by Crippen LogP contribution is 2.34. The molecule has 0 unspecified atom stereocenters. The monoisotopic (exact) mass is 804 g/mol. The van der Waals surface area contributed by atoms with Gasteiger partial charge in [0.05, 0.1) is 0 Å². The number of rotatable bonds is 18. The van der Waals surface area contributed by atoms with Crippen LogP contribution in [0.1, 0.15) is 84.6 Å². The van der Waals surface area contributed by atoms with Crippen LogP contribution in [0, 0.1) is 13.8 Å². The number of thioether (sulfide) groups is 2. The quantitative estimate of drug-likeness (QED) is 0.0545. The fourth-order valence-electron chi connectivity index (χ4n) is 7.37. The van der Waals surface area contributed by atoms with E-state index in [-0.39, 0.29) is 24.7 Å². The van der Waals surface area contributed by atoms with Crippen LogP contribution in [0.2, 0.25) is 0 Å². The lowest BCUT2D eigenvalue weighted by atomic mass is 9.98.